The molecule has 4 aromatic rings. The molecular formula is C29H29N5O2S. The standard InChI is InChI=1S/C29H29N5O2S/c1-32-22-31-19-27(32)21-33-20-26(17-25-16-24(18-30)12-13-29(25)33)34(15-14-23-8-4-2-5-9-23)37(35,36)28-10-6-3-7-11-28/h2-13,16,19,22,26H,14-15,17,20-21H2,1H3. The lowest BCUT2D eigenvalue weighted by molar-refractivity contribution is 0.311. The van der Waals surface area contributed by atoms with Gasteiger partial charge < -0.3 is 9.47 Å². The smallest absolute Gasteiger partial charge is 0.243 e. The summed E-state index contributed by atoms with van der Waals surface area (Å²) in [4.78, 5) is 6.75. The zero-order valence-corrected chi connectivity index (χ0v) is 21.6. The second-order valence-corrected chi connectivity index (χ2v) is 11.2. The molecule has 0 radical (unpaired) electrons. The Kier molecular flexibility index (Phi) is 7.08. The summed E-state index contributed by atoms with van der Waals surface area (Å²) in [5, 5.41) is 9.53. The Hall–Kier alpha value is -3.93. The first-order chi connectivity index (χ1) is 18.0. The predicted molar refractivity (Wildman–Crippen MR) is 143 cm³/mol. The van der Waals surface area contributed by atoms with Gasteiger partial charge in [0.15, 0.2) is 0 Å². The Bertz CT molecular complexity index is 1510. The summed E-state index contributed by atoms with van der Waals surface area (Å²) >= 11 is 0. The fourth-order valence-corrected chi connectivity index (χ4v) is 6.62. The van der Waals surface area contributed by atoms with Crippen molar-refractivity contribution in [1.29, 1.82) is 5.26 Å². The minimum Gasteiger partial charge on any atom is -0.364 e. The van der Waals surface area contributed by atoms with Gasteiger partial charge in [-0.25, -0.2) is 13.4 Å². The number of aromatic nitrogens is 2. The Balaban J connectivity index is 1.54. The largest absolute Gasteiger partial charge is 0.364 e. The molecule has 0 fully saturated rings. The molecule has 0 saturated heterocycles. The quantitative estimate of drug-likeness (QED) is 0.355. The molecule has 1 aliphatic heterocycles. The summed E-state index contributed by atoms with van der Waals surface area (Å²) in [6.07, 6.45) is 4.74. The highest BCUT2D eigenvalue weighted by Gasteiger charge is 2.36. The van der Waals surface area contributed by atoms with Gasteiger partial charge in [0, 0.05) is 38.1 Å². The van der Waals surface area contributed by atoms with Gasteiger partial charge in [-0.3, -0.25) is 0 Å². The zero-order valence-electron chi connectivity index (χ0n) is 20.7. The summed E-state index contributed by atoms with van der Waals surface area (Å²) in [6.45, 7) is 1.48. The van der Waals surface area contributed by atoms with Crippen molar-refractivity contribution in [2.75, 3.05) is 18.0 Å². The van der Waals surface area contributed by atoms with Crippen LogP contribution in [0.25, 0.3) is 0 Å². The van der Waals surface area contributed by atoms with Crippen LogP contribution in [0.2, 0.25) is 0 Å². The van der Waals surface area contributed by atoms with E-state index in [0.29, 0.717) is 38.0 Å². The Morgan fingerprint density at radius 2 is 1.78 bits per heavy atom. The van der Waals surface area contributed by atoms with Gasteiger partial charge in [-0.1, -0.05) is 48.5 Å². The lowest BCUT2D eigenvalue weighted by Crippen LogP contribution is -2.51. The summed E-state index contributed by atoms with van der Waals surface area (Å²) in [7, 11) is -1.80. The number of hydrogen-bond acceptors (Lipinski definition) is 5. The summed E-state index contributed by atoms with van der Waals surface area (Å²) in [5.74, 6) is 0. The van der Waals surface area contributed by atoms with Crippen molar-refractivity contribution in [3.05, 3.63) is 114 Å². The van der Waals surface area contributed by atoms with E-state index in [1.54, 1.807) is 34.9 Å². The van der Waals surface area contributed by atoms with E-state index in [9.17, 15) is 13.7 Å². The van der Waals surface area contributed by atoms with Crippen molar-refractivity contribution < 1.29 is 8.42 Å². The summed E-state index contributed by atoms with van der Waals surface area (Å²) in [5.41, 5.74) is 4.69. The van der Waals surface area contributed by atoms with Gasteiger partial charge in [0.05, 0.1) is 35.1 Å². The van der Waals surface area contributed by atoms with Crippen molar-refractivity contribution in [1.82, 2.24) is 13.9 Å². The third-order valence-corrected chi connectivity index (χ3v) is 8.89. The highest BCUT2D eigenvalue weighted by Crippen LogP contribution is 2.33. The van der Waals surface area contributed by atoms with E-state index in [-0.39, 0.29) is 10.9 Å². The second-order valence-electron chi connectivity index (χ2n) is 9.35. The molecule has 3 aromatic carbocycles. The lowest BCUT2D eigenvalue weighted by atomic mass is 9.95. The highest BCUT2D eigenvalue weighted by atomic mass is 32.2. The maximum atomic E-state index is 14.0. The van der Waals surface area contributed by atoms with Gasteiger partial charge in [0.25, 0.3) is 0 Å². The number of imidazole rings is 1. The SMILES string of the molecule is Cn1cncc1CN1CC(N(CCc2ccccc2)S(=O)(=O)c2ccccc2)Cc2cc(C#N)ccc21. The molecular weight excluding hydrogens is 482 g/mol. The molecule has 37 heavy (non-hydrogen) atoms. The van der Waals surface area contributed by atoms with Crippen LogP contribution in [0.5, 0.6) is 0 Å². The second kappa shape index (κ2) is 10.6. The van der Waals surface area contributed by atoms with Gasteiger partial charge in [-0.15, -0.1) is 0 Å². The number of fused-ring (bicyclic) bond motifs is 1. The zero-order chi connectivity index (χ0) is 25.8. The van der Waals surface area contributed by atoms with Crippen LogP contribution in [0.1, 0.15) is 22.4 Å². The molecule has 0 spiro atoms. The molecule has 0 bridgehead atoms. The molecule has 2 heterocycles. The van der Waals surface area contributed by atoms with Crippen molar-refractivity contribution in [3.8, 4) is 6.07 Å². The molecule has 1 aromatic heterocycles. The summed E-state index contributed by atoms with van der Waals surface area (Å²) in [6, 6.07) is 26.2. The number of anilines is 1. The predicted octanol–water partition coefficient (Wildman–Crippen LogP) is 4.16. The van der Waals surface area contributed by atoms with Crippen LogP contribution < -0.4 is 4.90 Å². The van der Waals surface area contributed by atoms with Crippen LogP contribution in [0.4, 0.5) is 5.69 Å². The maximum Gasteiger partial charge on any atom is 0.243 e. The molecule has 7 nitrogen and oxygen atoms in total. The maximum absolute atomic E-state index is 14.0. The van der Waals surface area contributed by atoms with Gasteiger partial charge in [-0.2, -0.15) is 9.57 Å². The molecule has 188 valence electrons. The number of sulfonamides is 1. The van der Waals surface area contributed by atoms with E-state index in [0.717, 1.165) is 22.5 Å². The minimum atomic E-state index is -3.76. The molecule has 5 rings (SSSR count). The Morgan fingerprint density at radius 1 is 1.05 bits per heavy atom. The number of nitrogens with zero attached hydrogens (tertiary/aromatic N) is 5. The molecule has 0 N–H and O–H groups in total. The third kappa shape index (κ3) is 5.29. The van der Waals surface area contributed by atoms with Crippen molar-refractivity contribution >= 4 is 15.7 Å². The summed E-state index contributed by atoms with van der Waals surface area (Å²) < 4.78 is 31.6. The molecule has 8 heteroatoms. The average Bonchev–Trinajstić information content (AvgIpc) is 3.33. The van der Waals surface area contributed by atoms with E-state index >= 15 is 0 Å². The fraction of sp³-hybridized carbons (Fsp3) is 0.241. The number of aryl methyl sites for hydroxylation is 1. The van der Waals surface area contributed by atoms with Gasteiger partial charge in [0.1, 0.15) is 0 Å². The van der Waals surface area contributed by atoms with E-state index in [2.05, 4.69) is 16.0 Å². The van der Waals surface area contributed by atoms with Gasteiger partial charge in [0.2, 0.25) is 10.0 Å². The van der Waals surface area contributed by atoms with Crippen LogP contribution in [0, 0.1) is 11.3 Å². The van der Waals surface area contributed by atoms with Gasteiger partial charge >= 0.3 is 0 Å². The number of benzene rings is 3. The lowest BCUT2D eigenvalue weighted by Gasteiger charge is -2.41. The molecule has 0 saturated carbocycles. The minimum absolute atomic E-state index is 0.290. The van der Waals surface area contributed by atoms with Crippen molar-refractivity contribution in [2.45, 2.75) is 30.3 Å². The first kappa shape index (κ1) is 24.8. The van der Waals surface area contributed by atoms with E-state index in [1.807, 2.05) is 72.4 Å². The molecule has 1 unspecified atom stereocenters. The average molecular weight is 512 g/mol. The topological polar surface area (TPSA) is 82.2 Å². The number of hydrogen-bond donors (Lipinski definition) is 0. The van der Waals surface area contributed by atoms with E-state index in [1.165, 1.54) is 0 Å². The van der Waals surface area contributed by atoms with E-state index < -0.39 is 10.0 Å². The molecule has 0 aliphatic carbocycles. The Morgan fingerprint density at radius 3 is 2.46 bits per heavy atom. The number of nitriles is 1. The normalized spacial score (nSPS) is 15.4. The van der Waals surface area contributed by atoms with E-state index in [4.69, 9.17) is 0 Å². The highest BCUT2D eigenvalue weighted by molar-refractivity contribution is 7.89. The van der Waals surface area contributed by atoms with Crippen molar-refractivity contribution in [2.24, 2.45) is 7.05 Å². The molecule has 1 atom stereocenters. The van der Waals surface area contributed by atoms with Crippen LogP contribution in [0.15, 0.2) is 96.3 Å². The van der Waals surface area contributed by atoms with Crippen LogP contribution in [-0.4, -0.2) is 41.4 Å². The molecule has 0 amide bonds. The fourth-order valence-electron chi connectivity index (χ4n) is 4.98. The number of rotatable bonds is 8. The Labute approximate surface area is 218 Å². The first-order valence-electron chi connectivity index (χ1n) is 12.3. The van der Waals surface area contributed by atoms with Crippen molar-refractivity contribution in [3.63, 3.8) is 0 Å². The van der Waals surface area contributed by atoms with Crippen LogP contribution in [0.3, 0.4) is 0 Å². The van der Waals surface area contributed by atoms with Crippen LogP contribution >= 0.6 is 0 Å². The first-order valence-corrected chi connectivity index (χ1v) is 13.7. The van der Waals surface area contributed by atoms with Crippen LogP contribution in [-0.2, 0) is 36.5 Å². The van der Waals surface area contributed by atoms with Gasteiger partial charge in [-0.05, 0) is 54.3 Å². The third-order valence-electron chi connectivity index (χ3n) is 6.93. The monoisotopic (exact) mass is 511 g/mol. The molecule has 1 aliphatic rings.